The fourth-order valence-electron chi connectivity index (χ4n) is 3.53. The number of aromatic nitrogens is 1. The number of benzene rings is 2. The summed E-state index contributed by atoms with van der Waals surface area (Å²) in [7, 11) is 1.54. The Balaban J connectivity index is 2.38. The number of hydrogen-bond acceptors (Lipinski definition) is 4. The second kappa shape index (κ2) is 8.65. The summed E-state index contributed by atoms with van der Waals surface area (Å²) >= 11 is 6.08. The Bertz CT molecular complexity index is 1150. The van der Waals surface area contributed by atoms with Crippen LogP contribution < -0.4 is 5.32 Å². The van der Waals surface area contributed by atoms with E-state index < -0.39 is 17.7 Å². The number of nitrogens with zero attached hydrogens (tertiary/aromatic N) is 1. The molecule has 1 amide bonds. The third-order valence-electron chi connectivity index (χ3n) is 4.79. The highest BCUT2D eigenvalue weighted by Crippen LogP contribution is 2.40. The van der Waals surface area contributed by atoms with Crippen molar-refractivity contribution in [2.24, 2.45) is 0 Å². The smallest absolute Gasteiger partial charge is 0.337 e. The number of aryl methyl sites for hydroxylation is 1. The molecule has 3 rings (SSSR count). The van der Waals surface area contributed by atoms with E-state index in [1.165, 1.54) is 0 Å². The Labute approximate surface area is 186 Å². The van der Waals surface area contributed by atoms with Gasteiger partial charge >= 0.3 is 5.97 Å². The first-order valence-corrected chi connectivity index (χ1v) is 10.2. The van der Waals surface area contributed by atoms with Gasteiger partial charge in [-0.1, -0.05) is 23.7 Å². The van der Waals surface area contributed by atoms with Crippen molar-refractivity contribution in [3.05, 3.63) is 64.3 Å². The molecule has 0 aliphatic carbocycles. The maximum Gasteiger partial charge on any atom is 0.337 e. The van der Waals surface area contributed by atoms with Gasteiger partial charge in [-0.25, -0.2) is 9.78 Å². The fourth-order valence-corrected chi connectivity index (χ4v) is 3.65. The molecule has 31 heavy (non-hydrogen) atoms. The van der Waals surface area contributed by atoms with E-state index in [9.17, 15) is 14.7 Å². The van der Waals surface area contributed by atoms with E-state index in [0.717, 1.165) is 10.9 Å². The quantitative estimate of drug-likeness (QED) is 0.571. The molecule has 0 spiro atoms. The Hall–Kier alpha value is -2.96. The molecule has 1 aromatic heterocycles. The molecule has 1 atom stereocenters. The fraction of sp³-hybridized carbons (Fsp3) is 0.292. The lowest BCUT2D eigenvalue weighted by Crippen LogP contribution is -2.28. The normalized spacial score (nSPS) is 12.6. The zero-order valence-corrected chi connectivity index (χ0v) is 18.9. The molecule has 2 aromatic carbocycles. The Morgan fingerprint density at radius 3 is 2.32 bits per heavy atom. The average Bonchev–Trinajstić information content (AvgIpc) is 2.70. The lowest BCUT2D eigenvalue weighted by molar-refractivity contribution is -0.160. The van der Waals surface area contributed by atoms with Crippen LogP contribution in [0.15, 0.2) is 42.5 Å². The van der Waals surface area contributed by atoms with E-state index in [4.69, 9.17) is 16.3 Å². The second-order valence-corrected chi connectivity index (χ2v) is 8.72. The lowest BCUT2D eigenvalue weighted by Gasteiger charge is -2.28. The highest BCUT2D eigenvalue weighted by Gasteiger charge is 2.31. The van der Waals surface area contributed by atoms with E-state index in [0.29, 0.717) is 27.2 Å². The number of halogens is 1. The van der Waals surface area contributed by atoms with Gasteiger partial charge in [-0.2, -0.15) is 0 Å². The highest BCUT2D eigenvalue weighted by atomic mass is 35.5. The number of nitrogens with one attached hydrogen (secondary N) is 1. The van der Waals surface area contributed by atoms with Crippen LogP contribution in [0.25, 0.3) is 22.0 Å². The Kier molecular flexibility index (Phi) is 6.34. The first-order chi connectivity index (χ1) is 14.5. The molecule has 0 bridgehead atoms. The van der Waals surface area contributed by atoms with Crippen LogP contribution >= 0.6 is 11.6 Å². The van der Waals surface area contributed by atoms with Gasteiger partial charge in [0.15, 0.2) is 6.10 Å². The zero-order chi connectivity index (χ0) is 22.9. The number of carboxylic acids is 1. The van der Waals surface area contributed by atoms with Crippen molar-refractivity contribution >= 4 is 34.4 Å². The Morgan fingerprint density at radius 1 is 1.13 bits per heavy atom. The number of carbonyl (C=O) groups excluding carboxylic acids is 1. The standard InChI is InChI=1S/C24H25ClN2O4/c1-13-12-18-16(10-11-17(27-18)22(28)26-5)20(14-6-8-15(25)9-7-14)19(13)21(23(29)30)31-24(2,3)4/h6-12,21H,1-5H3,(H,26,28)(H,29,30)/t21-/m0/s1. The van der Waals surface area contributed by atoms with Gasteiger partial charge in [0, 0.05) is 23.0 Å². The van der Waals surface area contributed by atoms with E-state index in [2.05, 4.69) is 10.3 Å². The van der Waals surface area contributed by atoms with Crippen LogP contribution in [-0.4, -0.2) is 34.6 Å². The first kappa shape index (κ1) is 22.7. The monoisotopic (exact) mass is 440 g/mol. The predicted octanol–water partition coefficient (Wildman–Crippen LogP) is 5.16. The molecule has 0 radical (unpaired) electrons. The van der Waals surface area contributed by atoms with Crippen LogP contribution in [0.1, 0.15) is 48.5 Å². The minimum atomic E-state index is -1.19. The number of aliphatic carboxylic acids is 1. The van der Waals surface area contributed by atoms with Gasteiger partial charge < -0.3 is 15.2 Å². The molecule has 0 saturated heterocycles. The van der Waals surface area contributed by atoms with Gasteiger partial charge in [-0.05, 0) is 74.7 Å². The van der Waals surface area contributed by atoms with E-state index in [1.54, 1.807) is 37.4 Å². The van der Waals surface area contributed by atoms with Gasteiger partial charge in [0.2, 0.25) is 0 Å². The number of amides is 1. The van der Waals surface area contributed by atoms with Gasteiger partial charge in [-0.3, -0.25) is 4.79 Å². The maximum atomic E-state index is 12.3. The number of carbonyl (C=O) groups is 2. The second-order valence-electron chi connectivity index (χ2n) is 8.28. The highest BCUT2D eigenvalue weighted by molar-refractivity contribution is 6.30. The summed E-state index contributed by atoms with van der Waals surface area (Å²) in [6, 6.07) is 12.4. The predicted molar refractivity (Wildman–Crippen MR) is 122 cm³/mol. The summed E-state index contributed by atoms with van der Waals surface area (Å²) in [5, 5.41) is 13.9. The minimum Gasteiger partial charge on any atom is -0.479 e. The largest absolute Gasteiger partial charge is 0.479 e. The number of rotatable bonds is 5. The molecule has 2 N–H and O–H groups in total. The van der Waals surface area contributed by atoms with E-state index in [1.807, 2.05) is 39.8 Å². The van der Waals surface area contributed by atoms with Crippen LogP contribution in [0.4, 0.5) is 0 Å². The average molecular weight is 441 g/mol. The number of carboxylic acid groups (broad SMARTS) is 1. The van der Waals surface area contributed by atoms with E-state index in [-0.39, 0.29) is 11.6 Å². The van der Waals surface area contributed by atoms with Crippen LogP contribution in [0, 0.1) is 6.92 Å². The molecule has 162 valence electrons. The van der Waals surface area contributed by atoms with Gasteiger partial charge in [0.25, 0.3) is 5.91 Å². The maximum absolute atomic E-state index is 12.3. The van der Waals surface area contributed by atoms with Gasteiger partial charge in [0.05, 0.1) is 11.1 Å². The Morgan fingerprint density at radius 2 is 1.77 bits per heavy atom. The van der Waals surface area contributed by atoms with E-state index >= 15 is 0 Å². The van der Waals surface area contributed by atoms with Crippen molar-refractivity contribution < 1.29 is 19.4 Å². The van der Waals surface area contributed by atoms with Gasteiger partial charge in [-0.15, -0.1) is 0 Å². The lowest BCUT2D eigenvalue weighted by atomic mass is 9.88. The summed E-state index contributed by atoms with van der Waals surface area (Å²) in [4.78, 5) is 28.8. The summed E-state index contributed by atoms with van der Waals surface area (Å²) in [6.45, 7) is 7.28. The molecule has 0 fully saturated rings. The van der Waals surface area contributed by atoms with Crippen molar-refractivity contribution in [3.63, 3.8) is 0 Å². The zero-order valence-electron chi connectivity index (χ0n) is 18.1. The molecule has 6 nitrogen and oxygen atoms in total. The van der Waals surface area contributed by atoms with Gasteiger partial charge in [0.1, 0.15) is 5.69 Å². The topological polar surface area (TPSA) is 88.5 Å². The molecule has 1 heterocycles. The molecule has 0 aliphatic heterocycles. The van der Waals surface area contributed by atoms with Crippen molar-refractivity contribution in [2.75, 3.05) is 7.05 Å². The number of pyridine rings is 1. The van der Waals surface area contributed by atoms with Crippen molar-refractivity contribution in [3.8, 4) is 11.1 Å². The number of fused-ring (bicyclic) bond motifs is 1. The molecular weight excluding hydrogens is 416 g/mol. The van der Waals surface area contributed by atoms with Crippen LogP contribution in [0.3, 0.4) is 0 Å². The molecular formula is C24H25ClN2O4. The number of ether oxygens (including phenoxy) is 1. The summed E-state index contributed by atoms with van der Waals surface area (Å²) < 4.78 is 5.97. The molecule has 0 aliphatic rings. The van der Waals surface area contributed by atoms with Crippen LogP contribution in [-0.2, 0) is 9.53 Å². The third kappa shape index (κ3) is 4.86. The van der Waals surface area contributed by atoms with Crippen LogP contribution in [0.2, 0.25) is 5.02 Å². The van der Waals surface area contributed by atoms with Crippen molar-refractivity contribution in [2.45, 2.75) is 39.4 Å². The molecule has 0 unspecified atom stereocenters. The third-order valence-corrected chi connectivity index (χ3v) is 5.04. The van der Waals surface area contributed by atoms with Crippen LogP contribution in [0.5, 0.6) is 0 Å². The van der Waals surface area contributed by atoms with Crippen molar-refractivity contribution in [1.29, 1.82) is 0 Å². The molecule has 3 aromatic rings. The minimum absolute atomic E-state index is 0.282. The SMILES string of the molecule is CNC(=O)c1ccc2c(-c3ccc(Cl)cc3)c([C@H](OC(C)(C)C)C(=O)O)c(C)cc2n1. The molecule has 7 heteroatoms. The number of hydrogen-bond donors (Lipinski definition) is 2. The summed E-state index contributed by atoms with van der Waals surface area (Å²) in [5.74, 6) is -1.38. The van der Waals surface area contributed by atoms with Crippen molar-refractivity contribution in [1.82, 2.24) is 10.3 Å². The first-order valence-electron chi connectivity index (χ1n) is 9.84. The summed E-state index contributed by atoms with van der Waals surface area (Å²) in [6.07, 6.45) is -1.19. The molecule has 0 saturated carbocycles. The summed E-state index contributed by atoms with van der Waals surface area (Å²) in [5.41, 5.74) is 2.92.